The third-order valence-corrected chi connectivity index (χ3v) is 2.49. The van der Waals surface area contributed by atoms with Crippen molar-refractivity contribution in [3.05, 3.63) is 33.1 Å². The molecule has 0 fully saturated rings. The monoisotopic (exact) mass is 295 g/mol. The highest BCUT2D eigenvalue weighted by molar-refractivity contribution is 14.1. The second-order valence-electron chi connectivity index (χ2n) is 2.36. The summed E-state index contributed by atoms with van der Waals surface area (Å²) >= 11 is 1.96. The molecule has 1 aromatic rings. The molecule has 0 heterocycles. The molecule has 3 nitrogen and oxygen atoms in total. The lowest BCUT2D eigenvalue weighted by Gasteiger charge is -2.04. The van der Waals surface area contributed by atoms with E-state index in [2.05, 4.69) is 5.32 Å². The van der Waals surface area contributed by atoms with Gasteiger partial charge in [0.15, 0.2) is 0 Å². The van der Waals surface area contributed by atoms with Gasteiger partial charge in [0.05, 0.1) is 6.54 Å². The zero-order valence-corrected chi connectivity index (χ0v) is 8.71. The Balaban J connectivity index is 2.81. The Labute approximate surface area is 88.1 Å². The number of rotatable bonds is 2. The summed E-state index contributed by atoms with van der Waals surface area (Å²) in [5.41, 5.74) is 0.380. The second-order valence-corrected chi connectivity index (χ2v) is 3.52. The van der Waals surface area contributed by atoms with Crippen LogP contribution in [0.2, 0.25) is 0 Å². The Hall–Kier alpha value is -0.850. The number of nitrogens with one attached hydrogen (secondary N) is 1. The van der Waals surface area contributed by atoms with Crippen LogP contribution in [0.5, 0.6) is 0 Å². The molecule has 5 heteroatoms. The van der Waals surface area contributed by atoms with Crippen molar-refractivity contribution in [1.29, 1.82) is 0 Å². The summed E-state index contributed by atoms with van der Waals surface area (Å²) in [6, 6.07) is 4.62. The van der Waals surface area contributed by atoms with Crippen LogP contribution in [-0.2, 0) is 6.54 Å². The van der Waals surface area contributed by atoms with E-state index in [1.165, 1.54) is 6.07 Å². The van der Waals surface area contributed by atoms with Gasteiger partial charge in [0.25, 0.3) is 0 Å². The van der Waals surface area contributed by atoms with Crippen molar-refractivity contribution in [3.8, 4) is 0 Å². The molecule has 0 aliphatic rings. The number of carbonyl (C=O) groups is 1. The number of halogens is 2. The minimum atomic E-state index is -1.15. The van der Waals surface area contributed by atoms with Crippen LogP contribution in [-0.4, -0.2) is 11.2 Å². The Morgan fingerprint density at radius 2 is 2.31 bits per heavy atom. The van der Waals surface area contributed by atoms with Crippen LogP contribution >= 0.6 is 22.6 Å². The lowest BCUT2D eigenvalue weighted by Crippen LogP contribution is -2.21. The first-order valence-electron chi connectivity index (χ1n) is 3.51. The van der Waals surface area contributed by atoms with Crippen molar-refractivity contribution >= 4 is 28.7 Å². The summed E-state index contributed by atoms with van der Waals surface area (Å²) in [6.45, 7) is 0.000278. The Kier molecular flexibility index (Phi) is 3.47. The Morgan fingerprint density at radius 3 is 2.85 bits per heavy atom. The highest BCUT2D eigenvalue weighted by Gasteiger charge is 2.06. The van der Waals surface area contributed by atoms with Crippen LogP contribution < -0.4 is 5.32 Å². The molecule has 2 N–H and O–H groups in total. The van der Waals surface area contributed by atoms with E-state index in [1.807, 2.05) is 22.6 Å². The third-order valence-electron chi connectivity index (χ3n) is 1.48. The topological polar surface area (TPSA) is 49.3 Å². The van der Waals surface area contributed by atoms with E-state index in [1.54, 1.807) is 12.1 Å². The Morgan fingerprint density at radius 1 is 1.62 bits per heavy atom. The Bertz CT molecular complexity index is 310. The smallest absolute Gasteiger partial charge is 0.404 e. The zero-order chi connectivity index (χ0) is 9.84. The average molecular weight is 295 g/mol. The number of hydrogen-bond acceptors (Lipinski definition) is 1. The van der Waals surface area contributed by atoms with Gasteiger partial charge in [0.2, 0.25) is 0 Å². The van der Waals surface area contributed by atoms with E-state index in [4.69, 9.17) is 5.11 Å². The minimum absolute atomic E-state index is 0.000278. The van der Waals surface area contributed by atoms with Gasteiger partial charge < -0.3 is 10.4 Å². The van der Waals surface area contributed by atoms with Crippen LogP contribution in [0.25, 0.3) is 0 Å². The van der Waals surface area contributed by atoms with Gasteiger partial charge in [-0.25, -0.2) is 9.18 Å². The molecular formula is C8H7FINO2. The van der Waals surface area contributed by atoms with Crippen LogP contribution in [0.4, 0.5) is 9.18 Å². The zero-order valence-electron chi connectivity index (χ0n) is 6.55. The van der Waals surface area contributed by atoms with Crippen LogP contribution in [0.3, 0.4) is 0 Å². The van der Waals surface area contributed by atoms with Crippen molar-refractivity contribution < 1.29 is 14.3 Å². The predicted molar refractivity (Wildman–Crippen MR) is 54.0 cm³/mol. The number of benzene rings is 1. The molecule has 0 spiro atoms. The predicted octanol–water partition coefficient (Wildman–Crippen LogP) is 2.20. The van der Waals surface area contributed by atoms with E-state index in [9.17, 15) is 9.18 Å². The maximum Gasteiger partial charge on any atom is 0.404 e. The molecule has 0 saturated carbocycles. The molecule has 1 aromatic carbocycles. The third kappa shape index (κ3) is 2.83. The maximum atomic E-state index is 13.1. The molecule has 0 atom stereocenters. The summed E-state index contributed by atoms with van der Waals surface area (Å²) < 4.78 is 13.8. The second kappa shape index (κ2) is 4.40. The summed E-state index contributed by atoms with van der Waals surface area (Å²) in [5.74, 6) is -0.388. The molecule has 0 radical (unpaired) electrons. The van der Waals surface area contributed by atoms with Crippen molar-refractivity contribution in [2.45, 2.75) is 6.54 Å². The first-order valence-corrected chi connectivity index (χ1v) is 4.59. The standard InChI is InChI=1S/C8H7FINO2/c9-6-2-1-3-7(10)5(6)4-11-8(12)13/h1-3,11H,4H2,(H,12,13). The number of hydrogen-bond donors (Lipinski definition) is 2. The van der Waals surface area contributed by atoms with Crippen LogP contribution in [0, 0.1) is 9.39 Å². The highest BCUT2D eigenvalue weighted by atomic mass is 127. The van der Waals surface area contributed by atoms with Gasteiger partial charge in [-0.3, -0.25) is 0 Å². The van der Waals surface area contributed by atoms with E-state index >= 15 is 0 Å². The van der Waals surface area contributed by atoms with Gasteiger partial charge in [-0.15, -0.1) is 0 Å². The SMILES string of the molecule is O=C(O)NCc1c(F)cccc1I. The molecule has 0 unspecified atom stereocenters. The molecule has 1 amide bonds. The normalized spacial score (nSPS) is 9.69. The van der Waals surface area contributed by atoms with Gasteiger partial charge in [-0.1, -0.05) is 6.07 Å². The molecule has 0 saturated heterocycles. The van der Waals surface area contributed by atoms with Gasteiger partial charge >= 0.3 is 6.09 Å². The van der Waals surface area contributed by atoms with Crippen LogP contribution in [0.1, 0.15) is 5.56 Å². The molecule has 0 aliphatic carbocycles. The number of carboxylic acid groups (broad SMARTS) is 1. The fourth-order valence-corrected chi connectivity index (χ4v) is 1.52. The largest absolute Gasteiger partial charge is 0.465 e. The first-order chi connectivity index (χ1) is 6.11. The van der Waals surface area contributed by atoms with Crippen molar-refractivity contribution in [3.63, 3.8) is 0 Å². The van der Waals surface area contributed by atoms with Gasteiger partial charge in [-0.2, -0.15) is 0 Å². The quantitative estimate of drug-likeness (QED) is 0.822. The van der Waals surface area contributed by atoms with E-state index in [0.29, 0.717) is 9.13 Å². The fraction of sp³-hybridized carbons (Fsp3) is 0.125. The minimum Gasteiger partial charge on any atom is -0.465 e. The van der Waals surface area contributed by atoms with Crippen molar-refractivity contribution in [1.82, 2.24) is 5.32 Å². The molecule has 70 valence electrons. The van der Waals surface area contributed by atoms with E-state index < -0.39 is 6.09 Å². The molecule has 0 aromatic heterocycles. The molecule has 1 rings (SSSR count). The van der Waals surface area contributed by atoms with Crippen LogP contribution in [0.15, 0.2) is 18.2 Å². The average Bonchev–Trinajstić information content (AvgIpc) is 2.03. The summed E-state index contributed by atoms with van der Waals surface area (Å²) in [5, 5.41) is 10.4. The van der Waals surface area contributed by atoms with E-state index in [0.717, 1.165) is 0 Å². The van der Waals surface area contributed by atoms with E-state index in [-0.39, 0.29) is 12.4 Å². The molecular weight excluding hydrogens is 288 g/mol. The van der Waals surface area contributed by atoms with Gasteiger partial charge in [0.1, 0.15) is 5.82 Å². The van der Waals surface area contributed by atoms with Gasteiger partial charge in [0, 0.05) is 9.13 Å². The summed E-state index contributed by atoms with van der Waals surface area (Å²) in [4.78, 5) is 10.2. The summed E-state index contributed by atoms with van der Waals surface area (Å²) in [7, 11) is 0. The molecule has 13 heavy (non-hydrogen) atoms. The lowest BCUT2D eigenvalue weighted by molar-refractivity contribution is 0.194. The van der Waals surface area contributed by atoms with Crippen molar-refractivity contribution in [2.24, 2.45) is 0 Å². The maximum absolute atomic E-state index is 13.1. The molecule has 0 bridgehead atoms. The van der Waals surface area contributed by atoms with Gasteiger partial charge in [-0.05, 0) is 34.7 Å². The first kappa shape index (κ1) is 10.2. The fourth-order valence-electron chi connectivity index (χ4n) is 0.865. The molecule has 0 aliphatic heterocycles. The number of amides is 1. The summed E-state index contributed by atoms with van der Waals surface area (Å²) in [6.07, 6.45) is -1.15. The van der Waals surface area contributed by atoms with Crippen molar-refractivity contribution in [2.75, 3.05) is 0 Å². The highest BCUT2D eigenvalue weighted by Crippen LogP contribution is 2.15. The lowest BCUT2D eigenvalue weighted by atomic mass is 10.2.